The van der Waals surface area contributed by atoms with Crippen molar-refractivity contribution in [1.82, 2.24) is 10.6 Å². The van der Waals surface area contributed by atoms with Gasteiger partial charge in [0.1, 0.15) is 24.3 Å². The van der Waals surface area contributed by atoms with Gasteiger partial charge in [0, 0.05) is 6.07 Å². The van der Waals surface area contributed by atoms with E-state index in [-0.39, 0.29) is 32.0 Å². The van der Waals surface area contributed by atoms with Crippen molar-refractivity contribution in [2.45, 2.75) is 39.3 Å². The summed E-state index contributed by atoms with van der Waals surface area (Å²) in [6.07, 6.45) is 2.75. The minimum absolute atomic E-state index is 0.0380. The van der Waals surface area contributed by atoms with Crippen LogP contribution in [-0.4, -0.2) is 49.2 Å². The van der Waals surface area contributed by atoms with Gasteiger partial charge in [-0.3, -0.25) is 14.4 Å². The van der Waals surface area contributed by atoms with Gasteiger partial charge in [-0.2, -0.15) is 0 Å². The van der Waals surface area contributed by atoms with Crippen LogP contribution in [0, 0.1) is 0 Å². The van der Waals surface area contributed by atoms with E-state index in [0.29, 0.717) is 12.1 Å². The van der Waals surface area contributed by atoms with E-state index < -0.39 is 23.6 Å². The Labute approximate surface area is 163 Å². The SMILES string of the molecule is CC(C)(C)OC(=O)NCCOC(=O)CNC(=O)CC[n+]1cccc(C(N)=O)c1. The number of nitrogens with one attached hydrogen (secondary N) is 2. The smallest absolute Gasteiger partial charge is 0.407 e. The predicted octanol–water partition coefficient (Wildman–Crippen LogP) is -0.353. The minimum atomic E-state index is -0.622. The number of nitrogens with zero attached hydrogens (tertiary/aromatic N) is 1. The predicted molar refractivity (Wildman–Crippen MR) is 98.0 cm³/mol. The van der Waals surface area contributed by atoms with Crippen LogP contribution < -0.4 is 20.9 Å². The molecule has 154 valence electrons. The first kappa shape index (κ1) is 22.9. The molecule has 3 amide bonds. The lowest BCUT2D eigenvalue weighted by atomic mass is 10.2. The summed E-state index contributed by atoms with van der Waals surface area (Å²) in [5.74, 6) is -1.52. The Hall–Kier alpha value is -3.17. The zero-order chi connectivity index (χ0) is 21.2. The number of rotatable bonds is 9. The Kier molecular flexibility index (Phi) is 8.86. The summed E-state index contributed by atoms with van der Waals surface area (Å²) in [6, 6.07) is 3.23. The van der Waals surface area contributed by atoms with Gasteiger partial charge in [0.05, 0.1) is 13.0 Å². The lowest BCUT2D eigenvalue weighted by Crippen LogP contribution is -2.39. The van der Waals surface area contributed by atoms with Crippen LogP contribution in [0.15, 0.2) is 24.5 Å². The van der Waals surface area contributed by atoms with Crippen LogP contribution in [0.2, 0.25) is 0 Å². The number of primary amides is 1. The second-order valence-electron chi connectivity index (χ2n) is 6.87. The average molecular weight is 395 g/mol. The molecule has 1 heterocycles. The number of hydrogen-bond acceptors (Lipinski definition) is 6. The standard InChI is InChI=1S/C18H26N4O6/c1-18(2,3)28-17(26)20-7-10-27-15(24)11-21-14(23)6-9-22-8-4-5-13(12-22)16(19)25/h4-5,8,12H,6-7,9-11H2,1-3H3,(H3-,19,20,21,23,25,26)/p+1. The van der Waals surface area contributed by atoms with E-state index in [0.717, 1.165) is 0 Å². The molecule has 1 aromatic rings. The Morgan fingerprint density at radius 3 is 2.54 bits per heavy atom. The highest BCUT2D eigenvalue weighted by Gasteiger charge is 2.16. The number of hydrogen-bond donors (Lipinski definition) is 3. The first-order chi connectivity index (χ1) is 13.1. The maximum absolute atomic E-state index is 11.8. The minimum Gasteiger partial charge on any atom is -0.462 e. The number of alkyl carbamates (subject to hydrolysis) is 1. The fraction of sp³-hybridized carbons (Fsp3) is 0.500. The van der Waals surface area contributed by atoms with Crippen LogP contribution in [0.5, 0.6) is 0 Å². The van der Waals surface area contributed by atoms with E-state index in [2.05, 4.69) is 10.6 Å². The summed E-state index contributed by atoms with van der Waals surface area (Å²) >= 11 is 0. The van der Waals surface area contributed by atoms with Gasteiger partial charge in [0.15, 0.2) is 18.9 Å². The molecule has 0 aliphatic carbocycles. The summed E-state index contributed by atoms with van der Waals surface area (Å²) < 4.78 is 11.6. The lowest BCUT2D eigenvalue weighted by molar-refractivity contribution is -0.695. The lowest BCUT2D eigenvalue weighted by Gasteiger charge is -2.19. The van der Waals surface area contributed by atoms with Crippen molar-refractivity contribution in [2.75, 3.05) is 19.7 Å². The highest BCUT2D eigenvalue weighted by atomic mass is 16.6. The van der Waals surface area contributed by atoms with Crippen molar-refractivity contribution in [3.8, 4) is 0 Å². The topological polar surface area (TPSA) is 141 Å². The molecule has 4 N–H and O–H groups in total. The van der Waals surface area contributed by atoms with Gasteiger partial charge in [-0.05, 0) is 26.8 Å². The number of nitrogens with two attached hydrogens (primary N) is 1. The van der Waals surface area contributed by atoms with Crippen molar-refractivity contribution in [1.29, 1.82) is 0 Å². The molecule has 0 aliphatic rings. The largest absolute Gasteiger partial charge is 0.462 e. The number of amides is 3. The molecule has 1 aromatic heterocycles. The molecule has 0 unspecified atom stereocenters. The zero-order valence-corrected chi connectivity index (χ0v) is 16.3. The molecule has 0 saturated heterocycles. The van der Waals surface area contributed by atoms with Crippen molar-refractivity contribution < 1.29 is 33.2 Å². The molecule has 0 saturated carbocycles. The highest BCUT2D eigenvalue weighted by molar-refractivity contribution is 5.92. The van der Waals surface area contributed by atoms with Gasteiger partial charge in [0.25, 0.3) is 5.91 Å². The molecule has 0 bridgehead atoms. The fourth-order valence-corrected chi connectivity index (χ4v) is 1.98. The number of aromatic nitrogens is 1. The number of carbonyl (C=O) groups is 4. The normalized spacial score (nSPS) is 10.7. The maximum atomic E-state index is 11.8. The van der Waals surface area contributed by atoms with Crippen molar-refractivity contribution >= 4 is 23.9 Å². The summed E-state index contributed by atoms with van der Waals surface area (Å²) in [5, 5.41) is 4.89. The number of aryl methyl sites for hydroxylation is 1. The molecule has 28 heavy (non-hydrogen) atoms. The molecule has 0 spiro atoms. The molecule has 10 heteroatoms. The third kappa shape index (κ3) is 10.1. The second-order valence-corrected chi connectivity index (χ2v) is 6.87. The third-order valence-electron chi connectivity index (χ3n) is 3.20. The van der Waals surface area contributed by atoms with E-state index >= 15 is 0 Å². The molecule has 10 nitrogen and oxygen atoms in total. The third-order valence-corrected chi connectivity index (χ3v) is 3.20. The highest BCUT2D eigenvalue weighted by Crippen LogP contribution is 2.06. The van der Waals surface area contributed by atoms with Crippen LogP contribution >= 0.6 is 0 Å². The van der Waals surface area contributed by atoms with E-state index in [1.807, 2.05) is 0 Å². The summed E-state index contributed by atoms with van der Waals surface area (Å²) in [4.78, 5) is 45.9. The summed E-state index contributed by atoms with van der Waals surface area (Å²) in [6.45, 7) is 5.32. The first-order valence-corrected chi connectivity index (χ1v) is 8.75. The van der Waals surface area contributed by atoms with Crippen LogP contribution in [0.1, 0.15) is 37.6 Å². The van der Waals surface area contributed by atoms with E-state index in [1.54, 1.807) is 49.9 Å². The first-order valence-electron chi connectivity index (χ1n) is 8.75. The van der Waals surface area contributed by atoms with Gasteiger partial charge in [-0.25, -0.2) is 9.36 Å². The van der Waals surface area contributed by atoms with Crippen LogP contribution in [0.25, 0.3) is 0 Å². The fourth-order valence-electron chi connectivity index (χ4n) is 1.98. The van der Waals surface area contributed by atoms with E-state index in [9.17, 15) is 19.2 Å². The molecule has 1 rings (SSSR count). The molecule has 0 radical (unpaired) electrons. The van der Waals surface area contributed by atoms with E-state index in [4.69, 9.17) is 15.2 Å². The quantitative estimate of drug-likeness (QED) is 0.296. The molecule has 0 fully saturated rings. The number of carbonyl (C=O) groups excluding carboxylic acids is 4. The van der Waals surface area contributed by atoms with Crippen LogP contribution in [0.3, 0.4) is 0 Å². The second kappa shape index (κ2) is 10.9. The zero-order valence-electron chi connectivity index (χ0n) is 16.3. The maximum Gasteiger partial charge on any atom is 0.407 e. The number of ether oxygens (including phenoxy) is 2. The summed E-state index contributed by atoms with van der Waals surface area (Å²) in [5.41, 5.74) is 4.93. The average Bonchev–Trinajstić information content (AvgIpc) is 2.60. The van der Waals surface area contributed by atoms with Crippen LogP contribution in [-0.2, 0) is 25.6 Å². The van der Waals surface area contributed by atoms with Gasteiger partial charge in [-0.1, -0.05) is 0 Å². The monoisotopic (exact) mass is 395 g/mol. The van der Waals surface area contributed by atoms with Crippen LogP contribution in [0.4, 0.5) is 4.79 Å². The van der Waals surface area contributed by atoms with Gasteiger partial charge < -0.3 is 25.8 Å². The number of esters is 1. The molecule has 0 aromatic carbocycles. The molecular weight excluding hydrogens is 368 g/mol. The van der Waals surface area contributed by atoms with Gasteiger partial charge in [0.2, 0.25) is 5.91 Å². The Morgan fingerprint density at radius 2 is 1.89 bits per heavy atom. The Bertz CT molecular complexity index is 714. The van der Waals surface area contributed by atoms with Crippen molar-refractivity contribution in [3.05, 3.63) is 30.1 Å². The summed E-state index contributed by atoms with van der Waals surface area (Å²) in [7, 11) is 0. The number of pyridine rings is 1. The Morgan fingerprint density at radius 1 is 1.18 bits per heavy atom. The molecule has 0 aliphatic heterocycles. The van der Waals surface area contributed by atoms with Crippen molar-refractivity contribution in [3.63, 3.8) is 0 Å². The molecule has 0 atom stereocenters. The van der Waals surface area contributed by atoms with Gasteiger partial charge >= 0.3 is 12.1 Å². The van der Waals surface area contributed by atoms with E-state index in [1.165, 1.54) is 0 Å². The van der Waals surface area contributed by atoms with Crippen molar-refractivity contribution in [2.24, 2.45) is 5.73 Å². The Balaban J connectivity index is 2.19. The van der Waals surface area contributed by atoms with Gasteiger partial charge in [-0.15, -0.1) is 0 Å². The molecular formula is C18H27N4O6+.